The summed E-state index contributed by atoms with van der Waals surface area (Å²) in [4.78, 5) is 12.6. The summed E-state index contributed by atoms with van der Waals surface area (Å²) in [5.74, 6) is 0. The Morgan fingerprint density at radius 3 is 2.42 bits per heavy atom. The molecule has 3 aromatic rings. The Morgan fingerprint density at radius 1 is 1.08 bits per heavy atom. The second-order valence-electron chi connectivity index (χ2n) is 5.50. The summed E-state index contributed by atoms with van der Waals surface area (Å²) in [7, 11) is 0. The summed E-state index contributed by atoms with van der Waals surface area (Å²) < 4.78 is 2.65. The van der Waals surface area contributed by atoms with Crippen LogP contribution in [0.15, 0.2) is 58.4 Å². The number of halogens is 1. The fraction of sp³-hybridized carbons (Fsp3) is 0.111. The predicted octanol–water partition coefficient (Wildman–Crippen LogP) is 3.83. The standard InChI is InChI=1S/C18H17IN4O/c1-12-3-7-15(8-4-12)21-20-11-17-13(2)22-23(18(17)24)16-9-5-14(19)6-10-16/h3-11,21-22H,1-2H3/b20-11+. The average Bonchev–Trinajstić information content (AvgIpc) is 2.85. The van der Waals surface area contributed by atoms with Gasteiger partial charge >= 0.3 is 0 Å². The molecule has 1 aromatic heterocycles. The van der Waals surface area contributed by atoms with E-state index in [1.54, 1.807) is 6.21 Å². The molecule has 0 aliphatic carbocycles. The van der Waals surface area contributed by atoms with Gasteiger partial charge in [0.15, 0.2) is 0 Å². The van der Waals surface area contributed by atoms with Crippen molar-refractivity contribution in [3.05, 3.63) is 79.3 Å². The van der Waals surface area contributed by atoms with Gasteiger partial charge in [-0.3, -0.25) is 15.3 Å². The lowest BCUT2D eigenvalue weighted by Crippen LogP contribution is -2.17. The van der Waals surface area contributed by atoms with Crippen LogP contribution in [-0.2, 0) is 0 Å². The molecule has 0 aliphatic rings. The van der Waals surface area contributed by atoms with E-state index in [4.69, 9.17) is 0 Å². The Balaban J connectivity index is 1.84. The van der Waals surface area contributed by atoms with E-state index in [-0.39, 0.29) is 5.56 Å². The first-order valence-corrected chi connectivity index (χ1v) is 8.56. The highest BCUT2D eigenvalue weighted by Gasteiger charge is 2.10. The van der Waals surface area contributed by atoms with Crippen LogP contribution < -0.4 is 11.0 Å². The van der Waals surface area contributed by atoms with Gasteiger partial charge < -0.3 is 0 Å². The van der Waals surface area contributed by atoms with E-state index in [0.29, 0.717) is 5.56 Å². The second kappa shape index (κ2) is 7.04. The van der Waals surface area contributed by atoms with Gasteiger partial charge in [0, 0.05) is 9.26 Å². The molecule has 24 heavy (non-hydrogen) atoms. The topological polar surface area (TPSA) is 62.2 Å². The minimum atomic E-state index is -0.122. The molecule has 0 unspecified atom stereocenters. The minimum Gasteiger partial charge on any atom is -0.295 e. The van der Waals surface area contributed by atoms with Gasteiger partial charge in [0.1, 0.15) is 0 Å². The molecule has 1 heterocycles. The van der Waals surface area contributed by atoms with Crippen molar-refractivity contribution in [3.8, 4) is 5.69 Å². The first-order chi connectivity index (χ1) is 11.5. The van der Waals surface area contributed by atoms with Crippen LogP contribution in [0.4, 0.5) is 5.69 Å². The zero-order valence-electron chi connectivity index (χ0n) is 13.4. The van der Waals surface area contributed by atoms with E-state index < -0.39 is 0 Å². The lowest BCUT2D eigenvalue weighted by atomic mass is 10.2. The highest BCUT2D eigenvalue weighted by molar-refractivity contribution is 14.1. The Hall–Kier alpha value is -2.35. The monoisotopic (exact) mass is 432 g/mol. The summed E-state index contributed by atoms with van der Waals surface area (Å²) in [5, 5.41) is 7.26. The van der Waals surface area contributed by atoms with Crippen LogP contribution in [-0.4, -0.2) is 16.0 Å². The number of anilines is 1. The van der Waals surface area contributed by atoms with Crippen molar-refractivity contribution in [2.45, 2.75) is 13.8 Å². The number of nitrogens with zero attached hydrogens (tertiary/aromatic N) is 2. The van der Waals surface area contributed by atoms with Crippen LogP contribution in [0.2, 0.25) is 0 Å². The number of H-pyrrole nitrogens is 1. The van der Waals surface area contributed by atoms with Gasteiger partial charge in [0.25, 0.3) is 5.56 Å². The minimum absolute atomic E-state index is 0.122. The number of hydrogen-bond donors (Lipinski definition) is 2. The molecule has 5 nitrogen and oxygen atoms in total. The normalized spacial score (nSPS) is 11.1. The van der Waals surface area contributed by atoms with E-state index in [1.807, 2.05) is 62.4 Å². The van der Waals surface area contributed by atoms with Gasteiger partial charge in [-0.15, -0.1) is 0 Å². The SMILES string of the molecule is Cc1ccc(N/N=C/c2c(C)[nH]n(-c3ccc(I)cc3)c2=O)cc1. The molecule has 0 bridgehead atoms. The van der Waals surface area contributed by atoms with Crippen molar-refractivity contribution in [2.75, 3.05) is 5.43 Å². The predicted molar refractivity (Wildman–Crippen MR) is 106 cm³/mol. The molecule has 122 valence electrons. The third kappa shape index (κ3) is 3.59. The molecule has 0 atom stereocenters. The first-order valence-electron chi connectivity index (χ1n) is 7.48. The second-order valence-corrected chi connectivity index (χ2v) is 6.75. The number of aromatic nitrogens is 2. The van der Waals surface area contributed by atoms with Crippen molar-refractivity contribution in [1.82, 2.24) is 9.78 Å². The Kier molecular flexibility index (Phi) is 4.84. The van der Waals surface area contributed by atoms with Gasteiger partial charge in [-0.1, -0.05) is 17.7 Å². The molecule has 6 heteroatoms. The summed E-state index contributed by atoms with van der Waals surface area (Å²) in [6.07, 6.45) is 1.55. The van der Waals surface area contributed by atoms with Crippen LogP contribution in [0.25, 0.3) is 5.69 Å². The van der Waals surface area contributed by atoms with Crippen molar-refractivity contribution in [2.24, 2.45) is 5.10 Å². The lowest BCUT2D eigenvalue weighted by molar-refractivity contribution is 0.835. The first kappa shape index (κ1) is 16.5. The smallest absolute Gasteiger partial charge is 0.280 e. The Labute approximate surface area is 153 Å². The summed E-state index contributed by atoms with van der Waals surface area (Å²) >= 11 is 2.24. The van der Waals surface area contributed by atoms with Crippen LogP contribution in [0.3, 0.4) is 0 Å². The number of hydrogen-bond acceptors (Lipinski definition) is 3. The molecule has 0 saturated heterocycles. The number of rotatable bonds is 4. The molecule has 0 fully saturated rings. The van der Waals surface area contributed by atoms with E-state index in [0.717, 1.165) is 20.6 Å². The number of nitrogens with one attached hydrogen (secondary N) is 2. The molecule has 0 radical (unpaired) electrons. The molecule has 0 spiro atoms. The Bertz CT molecular complexity index is 921. The van der Waals surface area contributed by atoms with E-state index in [2.05, 4.69) is 38.2 Å². The van der Waals surface area contributed by atoms with Crippen molar-refractivity contribution < 1.29 is 0 Å². The molecule has 0 saturated carbocycles. The number of hydrazone groups is 1. The maximum Gasteiger partial charge on any atom is 0.280 e. The molecule has 0 amide bonds. The van der Waals surface area contributed by atoms with Gasteiger partial charge in [0.2, 0.25) is 0 Å². The third-order valence-electron chi connectivity index (χ3n) is 3.64. The highest BCUT2D eigenvalue weighted by Crippen LogP contribution is 2.11. The van der Waals surface area contributed by atoms with Gasteiger partial charge in [-0.05, 0) is 72.8 Å². The molecular formula is C18H17IN4O. The zero-order chi connectivity index (χ0) is 17.1. The average molecular weight is 432 g/mol. The fourth-order valence-corrected chi connectivity index (χ4v) is 2.64. The summed E-state index contributed by atoms with van der Waals surface area (Å²) in [6, 6.07) is 15.6. The summed E-state index contributed by atoms with van der Waals surface area (Å²) in [5.41, 5.74) is 6.99. The highest BCUT2D eigenvalue weighted by atomic mass is 127. The van der Waals surface area contributed by atoms with Gasteiger partial charge in [-0.2, -0.15) is 5.10 Å². The summed E-state index contributed by atoms with van der Waals surface area (Å²) in [6.45, 7) is 3.89. The number of benzene rings is 2. The van der Waals surface area contributed by atoms with Gasteiger partial charge in [0.05, 0.1) is 23.2 Å². The number of aryl methyl sites for hydroxylation is 2. The largest absolute Gasteiger partial charge is 0.295 e. The van der Waals surface area contributed by atoms with E-state index >= 15 is 0 Å². The fourth-order valence-electron chi connectivity index (χ4n) is 2.28. The molecular weight excluding hydrogens is 415 g/mol. The van der Waals surface area contributed by atoms with Crippen molar-refractivity contribution in [3.63, 3.8) is 0 Å². The molecule has 2 N–H and O–H groups in total. The number of aromatic amines is 1. The Morgan fingerprint density at radius 2 is 1.75 bits per heavy atom. The lowest BCUT2D eigenvalue weighted by Gasteiger charge is -2.00. The van der Waals surface area contributed by atoms with Crippen molar-refractivity contribution in [1.29, 1.82) is 0 Å². The van der Waals surface area contributed by atoms with Crippen molar-refractivity contribution >= 4 is 34.5 Å². The third-order valence-corrected chi connectivity index (χ3v) is 4.36. The maximum absolute atomic E-state index is 12.6. The molecule has 0 aliphatic heterocycles. The van der Waals surface area contributed by atoms with E-state index in [9.17, 15) is 4.79 Å². The van der Waals surface area contributed by atoms with Gasteiger partial charge in [-0.25, -0.2) is 4.68 Å². The van der Waals surface area contributed by atoms with E-state index in [1.165, 1.54) is 10.2 Å². The molecule has 3 rings (SSSR count). The molecule has 2 aromatic carbocycles. The zero-order valence-corrected chi connectivity index (χ0v) is 15.5. The van der Waals surface area contributed by atoms with Crippen LogP contribution >= 0.6 is 22.6 Å². The maximum atomic E-state index is 12.6. The van der Waals surface area contributed by atoms with Crippen LogP contribution in [0, 0.1) is 17.4 Å². The van der Waals surface area contributed by atoms with Crippen LogP contribution in [0.1, 0.15) is 16.8 Å². The quantitative estimate of drug-likeness (QED) is 0.374. The van der Waals surface area contributed by atoms with Crippen LogP contribution in [0.5, 0.6) is 0 Å².